The highest BCUT2D eigenvalue weighted by Crippen LogP contribution is 2.25. The maximum absolute atomic E-state index is 13.1. The SMILES string of the molecule is O=C1NC(=O)C(Cc2ccc(CCNC(=O)C(c3ccccc3)c3ccccc3)cc2)S1. The lowest BCUT2D eigenvalue weighted by molar-refractivity contribution is -0.121. The molecule has 0 spiro atoms. The van der Waals surface area contributed by atoms with Crippen molar-refractivity contribution in [1.82, 2.24) is 10.6 Å². The zero-order valence-corrected chi connectivity index (χ0v) is 18.3. The molecule has 1 fully saturated rings. The third-order valence-corrected chi connectivity index (χ3v) is 6.43. The molecule has 1 unspecified atom stereocenters. The molecule has 162 valence electrons. The molecular formula is C26H24N2O3S. The lowest BCUT2D eigenvalue weighted by Gasteiger charge is -2.18. The van der Waals surface area contributed by atoms with Gasteiger partial charge in [-0.25, -0.2) is 0 Å². The second-order valence-corrected chi connectivity index (χ2v) is 8.87. The van der Waals surface area contributed by atoms with Crippen molar-refractivity contribution in [1.29, 1.82) is 0 Å². The first-order valence-electron chi connectivity index (χ1n) is 10.6. The Morgan fingerprint density at radius 3 is 1.94 bits per heavy atom. The highest BCUT2D eigenvalue weighted by Gasteiger charge is 2.31. The van der Waals surface area contributed by atoms with Crippen LogP contribution in [0.1, 0.15) is 28.2 Å². The van der Waals surface area contributed by atoms with Gasteiger partial charge in [0.15, 0.2) is 0 Å². The summed E-state index contributed by atoms with van der Waals surface area (Å²) in [6.07, 6.45) is 1.23. The van der Waals surface area contributed by atoms with Gasteiger partial charge in [-0.3, -0.25) is 19.7 Å². The van der Waals surface area contributed by atoms with E-state index >= 15 is 0 Å². The summed E-state index contributed by atoms with van der Waals surface area (Å²) < 4.78 is 0. The monoisotopic (exact) mass is 444 g/mol. The number of imide groups is 1. The molecule has 3 aromatic rings. The van der Waals surface area contributed by atoms with Gasteiger partial charge < -0.3 is 5.32 Å². The van der Waals surface area contributed by atoms with E-state index in [1.165, 1.54) is 0 Å². The largest absolute Gasteiger partial charge is 0.355 e. The van der Waals surface area contributed by atoms with Crippen molar-refractivity contribution in [3.05, 3.63) is 107 Å². The van der Waals surface area contributed by atoms with Crippen molar-refractivity contribution >= 4 is 28.8 Å². The van der Waals surface area contributed by atoms with E-state index in [1.807, 2.05) is 84.9 Å². The van der Waals surface area contributed by atoms with Gasteiger partial charge in [0.05, 0.1) is 11.2 Å². The van der Waals surface area contributed by atoms with Crippen LogP contribution in [0.3, 0.4) is 0 Å². The number of carbonyl (C=O) groups excluding carboxylic acids is 3. The standard InChI is InChI=1S/C26H24N2O3S/c29-24-22(32-26(31)28-24)17-19-13-11-18(12-14-19)15-16-27-25(30)23(20-7-3-1-4-8-20)21-9-5-2-6-10-21/h1-14,22-23H,15-17H2,(H,27,30)(H,28,29,31). The van der Waals surface area contributed by atoms with Crippen LogP contribution in [-0.2, 0) is 22.4 Å². The average Bonchev–Trinajstić information content (AvgIpc) is 3.13. The minimum Gasteiger partial charge on any atom is -0.355 e. The fourth-order valence-electron chi connectivity index (χ4n) is 3.80. The molecule has 4 rings (SSSR count). The highest BCUT2D eigenvalue weighted by atomic mass is 32.2. The van der Waals surface area contributed by atoms with Crippen LogP contribution < -0.4 is 10.6 Å². The molecule has 1 aliphatic heterocycles. The summed E-state index contributed by atoms with van der Waals surface area (Å²) in [6, 6.07) is 27.6. The molecule has 3 aromatic carbocycles. The molecule has 1 atom stereocenters. The van der Waals surface area contributed by atoms with E-state index in [1.54, 1.807) is 0 Å². The van der Waals surface area contributed by atoms with Gasteiger partial charge in [-0.15, -0.1) is 0 Å². The molecule has 6 heteroatoms. The highest BCUT2D eigenvalue weighted by molar-refractivity contribution is 8.15. The van der Waals surface area contributed by atoms with Crippen molar-refractivity contribution in [2.75, 3.05) is 6.54 Å². The van der Waals surface area contributed by atoms with Gasteiger partial charge >= 0.3 is 0 Å². The molecule has 0 aliphatic carbocycles. The summed E-state index contributed by atoms with van der Waals surface area (Å²) in [7, 11) is 0. The number of hydrogen-bond donors (Lipinski definition) is 2. The van der Waals surface area contributed by atoms with Gasteiger partial charge in [0, 0.05) is 6.54 Å². The van der Waals surface area contributed by atoms with E-state index < -0.39 is 0 Å². The normalized spacial score (nSPS) is 15.6. The predicted octanol–water partition coefficient (Wildman–Crippen LogP) is 4.07. The number of carbonyl (C=O) groups is 3. The summed E-state index contributed by atoms with van der Waals surface area (Å²) in [5.74, 6) is -0.594. The van der Waals surface area contributed by atoms with Crippen LogP contribution >= 0.6 is 11.8 Å². The van der Waals surface area contributed by atoms with Crippen LogP contribution in [0.4, 0.5) is 4.79 Å². The molecule has 0 bridgehead atoms. The molecule has 32 heavy (non-hydrogen) atoms. The quantitative estimate of drug-likeness (QED) is 0.549. The Bertz CT molecular complexity index is 1050. The van der Waals surface area contributed by atoms with Gasteiger partial charge in [0.2, 0.25) is 11.8 Å². The van der Waals surface area contributed by atoms with E-state index in [2.05, 4.69) is 10.6 Å². The molecule has 1 heterocycles. The van der Waals surface area contributed by atoms with Crippen LogP contribution in [0.15, 0.2) is 84.9 Å². The second kappa shape index (κ2) is 10.3. The fourth-order valence-corrected chi connectivity index (χ4v) is 4.66. The molecule has 0 radical (unpaired) electrons. The third kappa shape index (κ3) is 5.45. The lowest BCUT2D eigenvalue weighted by atomic mass is 9.90. The molecule has 0 saturated carbocycles. The van der Waals surface area contributed by atoms with Crippen LogP contribution in [0.2, 0.25) is 0 Å². The minimum absolute atomic E-state index is 0.0204. The summed E-state index contributed by atoms with van der Waals surface area (Å²) in [6.45, 7) is 0.531. The van der Waals surface area contributed by atoms with Gasteiger partial charge in [-0.05, 0) is 35.1 Å². The zero-order valence-electron chi connectivity index (χ0n) is 17.5. The average molecular weight is 445 g/mol. The van der Waals surface area contributed by atoms with Gasteiger partial charge in [0.1, 0.15) is 0 Å². The Morgan fingerprint density at radius 2 is 1.41 bits per heavy atom. The number of hydrogen-bond acceptors (Lipinski definition) is 4. The molecule has 1 aliphatic rings. The van der Waals surface area contributed by atoms with E-state index in [9.17, 15) is 14.4 Å². The smallest absolute Gasteiger partial charge is 0.286 e. The van der Waals surface area contributed by atoms with Crippen LogP contribution in [0.5, 0.6) is 0 Å². The topological polar surface area (TPSA) is 75.3 Å². The maximum atomic E-state index is 13.1. The Balaban J connectivity index is 1.34. The van der Waals surface area contributed by atoms with Gasteiger partial charge in [-0.1, -0.05) is 96.7 Å². The number of nitrogens with one attached hydrogen (secondary N) is 2. The number of thioether (sulfide) groups is 1. The van der Waals surface area contributed by atoms with Gasteiger partial charge in [-0.2, -0.15) is 0 Å². The van der Waals surface area contributed by atoms with Crippen molar-refractivity contribution in [2.45, 2.75) is 24.0 Å². The first kappa shape index (κ1) is 21.8. The van der Waals surface area contributed by atoms with Crippen molar-refractivity contribution < 1.29 is 14.4 Å². The molecule has 1 saturated heterocycles. The van der Waals surface area contributed by atoms with E-state index in [0.29, 0.717) is 19.4 Å². The first-order valence-corrected chi connectivity index (χ1v) is 11.4. The maximum Gasteiger partial charge on any atom is 0.286 e. The molecular weight excluding hydrogens is 420 g/mol. The van der Waals surface area contributed by atoms with Crippen molar-refractivity contribution in [2.24, 2.45) is 0 Å². The van der Waals surface area contributed by atoms with Crippen LogP contribution in [0, 0.1) is 0 Å². The zero-order chi connectivity index (χ0) is 22.3. The van der Waals surface area contributed by atoms with E-state index in [0.717, 1.165) is 34.0 Å². The van der Waals surface area contributed by atoms with Crippen LogP contribution in [-0.4, -0.2) is 28.8 Å². The van der Waals surface area contributed by atoms with Crippen LogP contribution in [0.25, 0.3) is 0 Å². The Hall–Kier alpha value is -3.38. The Morgan fingerprint density at radius 1 is 0.844 bits per heavy atom. The molecule has 3 amide bonds. The van der Waals surface area contributed by atoms with E-state index in [4.69, 9.17) is 0 Å². The second-order valence-electron chi connectivity index (χ2n) is 7.70. The van der Waals surface area contributed by atoms with Crippen molar-refractivity contribution in [3.8, 4) is 0 Å². The first-order chi connectivity index (χ1) is 15.6. The molecule has 0 aromatic heterocycles. The summed E-state index contributed by atoms with van der Waals surface area (Å²) in [5.41, 5.74) is 4.04. The minimum atomic E-state index is -0.361. The fraction of sp³-hybridized carbons (Fsp3) is 0.192. The predicted molar refractivity (Wildman–Crippen MR) is 127 cm³/mol. The number of rotatable bonds is 8. The summed E-state index contributed by atoms with van der Waals surface area (Å²) in [5, 5.41) is 4.75. The Kier molecular flexibility index (Phi) is 7.02. The summed E-state index contributed by atoms with van der Waals surface area (Å²) in [4.78, 5) is 36.1. The van der Waals surface area contributed by atoms with Gasteiger partial charge in [0.25, 0.3) is 5.24 Å². The number of amides is 3. The lowest BCUT2D eigenvalue weighted by Crippen LogP contribution is -2.31. The molecule has 5 nitrogen and oxygen atoms in total. The third-order valence-electron chi connectivity index (χ3n) is 5.45. The Labute approximate surface area is 191 Å². The molecule has 2 N–H and O–H groups in total. The van der Waals surface area contributed by atoms with E-state index in [-0.39, 0.29) is 28.2 Å². The summed E-state index contributed by atoms with van der Waals surface area (Å²) >= 11 is 1.04. The van der Waals surface area contributed by atoms with Crippen molar-refractivity contribution in [3.63, 3.8) is 0 Å². The number of benzene rings is 3.